The second kappa shape index (κ2) is 5.16. The van der Waals surface area contributed by atoms with Crippen LogP contribution in [0.4, 0.5) is 0 Å². The molecule has 0 aliphatic heterocycles. The minimum atomic E-state index is 0.526. The molecule has 0 aromatic rings. The first-order chi connectivity index (χ1) is 6.86. The summed E-state index contributed by atoms with van der Waals surface area (Å²) in [4.78, 5) is 0. The number of rotatable bonds is 3. The Hall–Kier alpha value is -0.0400. The van der Waals surface area contributed by atoms with Crippen LogP contribution in [0.3, 0.4) is 0 Å². The van der Waals surface area contributed by atoms with E-state index in [2.05, 4.69) is 0 Å². The van der Waals surface area contributed by atoms with Crippen LogP contribution < -0.4 is 5.73 Å². The first-order valence-electron chi connectivity index (χ1n) is 6.62. The summed E-state index contributed by atoms with van der Waals surface area (Å²) in [5.74, 6) is 1.85. The summed E-state index contributed by atoms with van der Waals surface area (Å²) in [6.07, 6.45) is 14.3. The van der Waals surface area contributed by atoms with E-state index in [0.717, 1.165) is 11.8 Å². The predicted molar refractivity (Wildman–Crippen MR) is 61.1 cm³/mol. The van der Waals surface area contributed by atoms with Crippen molar-refractivity contribution in [3.05, 3.63) is 0 Å². The molecule has 0 aromatic carbocycles. The maximum atomic E-state index is 6.33. The molecule has 0 bridgehead atoms. The average Bonchev–Trinajstić information content (AvgIpc) is 2.38. The Bertz CT molecular complexity index is 155. The van der Waals surface area contributed by atoms with Crippen LogP contribution in [0, 0.1) is 11.8 Å². The van der Waals surface area contributed by atoms with E-state index in [1.807, 2.05) is 0 Å². The lowest BCUT2D eigenvalue weighted by Crippen LogP contribution is -2.33. The van der Waals surface area contributed by atoms with Crippen molar-refractivity contribution in [1.82, 2.24) is 0 Å². The highest BCUT2D eigenvalue weighted by Gasteiger charge is 2.25. The van der Waals surface area contributed by atoms with Gasteiger partial charge in [-0.05, 0) is 31.1 Å². The SMILES string of the molecule is NC(CC1CCC1)C1CCCCCC1. The van der Waals surface area contributed by atoms with Crippen LogP contribution in [0.1, 0.15) is 64.2 Å². The molecular formula is C13H25N. The average molecular weight is 195 g/mol. The van der Waals surface area contributed by atoms with Crippen LogP contribution in [0.15, 0.2) is 0 Å². The minimum Gasteiger partial charge on any atom is -0.327 e. The maximum Gasteiger partial charge on any atom is 0.00697 e. The highest BCUT2D eigenvalue weighted by atomic mass is 14.7. The number of nitrogens with two attached hydrogens (primary N) is 1. The van der Waals surface area contributed by atoms with Gasteiger partial charge in [0, 0.05) is 6.04 Å². The molecule has 2 saturated carbocycles. The van der Waals surface area contributed by atoms with Crippen LogP contribution >= 0.6 is 0 Å². The molecule has 0 aromatic heterocycles. The Morgan fingerprint density at radius 2 is 1.50 bits per heavy atom. The summed E-state index contributed by atoms with van der Waals surface area (Å²) >= 11 is 0. The Labute approximate surface area is 88.4 Å². The van der Waals surface area contributed by atoms with Crippen molar-refractivity contribution in [2.24, 2.45) is 17.6 Å². The van der Waals surface area contributed by atoms with E-state index in [4.69, 9.17) is 5.73 Å². The topological polar surface area (TPSA) is 26.0 Å². The third-order valence-corrected chi connectivity index (χ3v) is 4.34. The molecule has 0 radical (unpaired) electrons. The third kappa shape index (κ3) is 2.73. The van der Waals surface area contributed by atoms with Gasteiger partial charge in [-0.25, -0.2) is 0 Å². The van der Waals surface area contributed by atoms with E-state index in [1.54, 1.807) is 0 Å². The monoisotopic (exact) mass is 195 g/mol. The van der Waals surface area contributed by atoms with Crippen molar-refractivity contribution in [1.29, 1.82) is 0 Å². The van der Waals surface area contributed by atoms with E-state index in [0.29, 0.717) is 6.04 Å². The molecule has 0 spiro atoms. The zero-order chi connectivity index (χ0) is 9.80. The molecule has 1 nitrogen and oxygen atoms in total. The van der Waals surface area contributed by atoms with E-state index >= 15 is 0 Å². The highest BCUT2D eigenvalue weighted by Crippen LogP contribution is 2.34. The normalized spacial score (nSPS) is 28.1. The molecular weight excluding hydrogens is 170 g/mol. The van der Waals surface area contributed by atoms with Crippen LogP contribution in [0.5, 0.6) is 0 Å². The van der Waals surface area contributed by atoms with Crippen molar-refractivity contribution < 1.29 is 0 Å². The van der Waals surface area contributed by atoms with E-state index in [1.165, 1.54) is 64.2 Å². The Balaban J connectivity index is 1.73. The van der Waals surface area contributed by atoms with Crippen molar-refractivity contribution >= 4 is 0 Å². The zero-order valence-electron chi connectivity index (χ0n) is 9.38. The Morgan fingerprint density at radius 1 is 0.857 bits per heavy atom. The van der Waals surface area contributed by atoms with Gasteiger partial charge in [0.25, 0.3) is 0 Å². The third-order valence-electron chi connectivity index (χ3n) is 4.34. The van der Waals surface area contributed by atoms with Crippen LogP contribution in [0.25, 0.3) is 0 Å². The fourth-order valence-corrected chi connectivity index (χ4v) is 3.04. The number of hydrogen-bond acceptors (Lipinski definition) is 1. The van der Waals surface area contributed by atoms with Gasteiger partial charge in [0.2, 0.25) is 0 Å². The van der Waals surface area contributed by atoms with E-state index < -0.39 is 0 Å². The molecule has 1 unspecified atom stereocenters. The molecule has 14 heavy (non-hydrogen) atoms. The Kier molecular flexibility index (Phi) is 3.86. The second-order valence-corrected chi connectivity index (χ2v) is 5.45. The molecule has 82 valence electrons. The van der Waals surface area contributed by atoms with Crippen LogP contribution in [-0.4, -0.2) is 6.04 Å². The molecule has 0 amide bonds. The van der Waals surface area contributed by atoms with E-state index in [-0.39, 0.29) is 0 Å². The first-order valence-corrected chi connectivity index (χ1v) is 6.62. The van der Waals surface area contributed by atoms with Crippen molar-refractivity contribution in [2.45, 2.75) is 70.3 Å². The van der Waals surface area contributed by atoms with Crippen molar-refractivity contribution in [3.8, 4) is 0 Å². The standard InChI is InChI=1S/C13H25N/c14-13(10-11-6-5-7-11)12-8-3-1-2-4-9-12/h11-13H,1-10,14H2. The Morgan fingerprint density at radius 3 is 2.00 bits per heavy atom. The lowest BCUT2D eigenvalue weighted by atomic mass is 9.77. The molecule has 0 saturated heterocycles. The van der Waals surface area contributed by atoms with Gasteiger partial charge in [0.1, 0.15) is 0 Å². The minimum absolute atomic E-state index is 0.526. The molecule has 2 aliphatic rings. The summed E-state index contributed by atoms with van der Waals surface area (Å²) in [7, 11) is 0. The van der Waals surface area contributed by atoms with Crippen LogP contribution in [-0.2, 0) is 0 Å². The lowest BCUT2D eigenvalue weighted by Gasteiger charge is -2.31. The largest absolute Gasteiger partial charge is 0.327 e. The number of hydrogen-bond donors (Lipinski definition) is 1. The fraction of sp³-hybridized carbons (Fsp3) is 1.00. The van der Waals surface area contributed by atoms with Crippen molar-refractivity contribution in [3.63, 3.8) is 0 Å². The van der Waals surface area contributed by atoms with Gasteiger partial charge in [0.15, 0.2) is 0 Å². The van der Waals surface area contributed by atoms with Gasteiger partial charge in [-0.1, -0.05) is 44.9 Å². The molecule has 0 heterocycles. The van der Waals surface area contributed by atoms with Gasteiger partial charge < -0.3 is 5.73 Å². The molecule has 2 aliphatic carbocycles. The fourth-order valence-electron chi connectivity index (χ4n) is 3.04. The highest BCUT2D eigenvalue weighted by molar-refractivity contribution is 4.81. The summed E-state index contributed by atoms with van der Waals surface area (Å²) in [5.41, 5.74) is 6.33. The van der Waals surface area contributed by atoms with Crippen molar-refractivity contribution in [2.75, 3.05) is 0 Å². The predicted octanol–water partition coefficient (Wildman–Crippen LogP) is 3.47. The maximum absolute atomic E-state index is 6.33. The molecule has 1 atom stereocenters. The summed E-state index contributed by atoms with van der Waals surface area (Å²) < 4.78 is 0. The summed E-state index contributed by atoms with van der Waals surface area (Å²) in [6, 6.07) is 0.526. The quantitative estimate of drug-likeness (QED) is 0.686. The van der Waals surface area contributed by atoms with Crippen LogP contribution in [0.2, 0.25) is 0 Å². The second-order valence-electron chi connectivity index (χ2n) is 5.45. The van der Waals surface area contributed by atoms with Gasteiger partial charge in [-0.3, -0.25) is 0 Å². The molecule has 2 rings (SSSR count). The molecule has 2 fully saturated rings. The lowest BCUT2D eigenvalue weighted by molar-refractivity contribution is 0.236. The van der Waals surface area contributed by atoms with Gasteiger partial charge in [-0.15, -0.1) is 0 Å². The summed E-state index contributed by atoms with van der Waals surface area (Å²) in [5, 5.41) is 0. The van der Waals surface area contributed by atoms with Gasteiger partial charge >= 0.3 is 0 Å². The zero-order valence-corrected chi connectivity index (χ0v) is 9.38. The molecule has 1 heteroatoms. The van der Waals surface area contributed by atoms with E-state index in [9.17, 15) is 0 Å². The van der Waals surface area contributed by atoms with Gasteiger partial charge in [0.05, 0.1) is 0 Å². The van der Waals surface area contributed by atoms with Gasteiger partial charge in [-0.2, -0.15) is 0 Å². The first kappa shape index (κ1) is 10.5. The molecule has 2 N–H and O–H groups in total. The summed E-state index contributed by atoms with van der Waals surface area (Å²) in [6.45, 7) is 0. The smallest absolute Gasteiger partial charge is 0.00697 e.